The zero-order valence-electron chi connectivity index (χ0n) is 10.6. The van der Waals surface area contributed by atoms with Crippen molar-refractivity contribution in [3.05, 3.63) is 54.1 Å². The first kappa shape index (κ1) is 14.7. The summed E-state index contributed by atoms with van der Waals surface area (Å²) < 4.78 is 39.3. The Morgan fingerprint density at radius 2 is 1.95 bits per heavy atom. The molecule has 0 bridgehead atoms. The third-order valence-electron chi connectivity index (χ3n) is 2.53. The first-order valence-electron chi connectivity index (χ1n) is 5.64. The summed E-state index contributed by atoms with van der Waals surface area (Å²) in [6, 6.07) is 6.66. The van der Waals surface area contributed by atoms with E-state index in [1.54, 1.807) is 0 Å². The van der Waals surface area contributed by atoms with Crippen molar-refractivity contribution >= 4 is 21.5 Å². The van der Waals surface area contributed by atoms with Gasteiger partial charge in [0.25, 0.3) is 10.0 Å². The Bertz CT molecular complexity index is 775. The van der Waals surface area contributed by atoms with Crippen LogP contribution in [0.3, 0.4) is 0 Å². The van der Waals surface area contributed by atoms with Gasteiger partial charge in [-0.25, -0.2) is 12.8 Å². The number of oxime groups is 1. The molecule has 1 aromatic heterocycles. The fraction of sp³-hybridized carbons (Fsp3) is 0. The predicted octanol–water partition coefficient (Wildman–Crippen LogP) is 1.12. The molecule has 0 amide bonds. The summed E-state index contributed by atoms with van der Waals surface area (Å²) in [6.45, 7) is 0. The van der Waals surface area contributed by atoms with Gasteiger partial charge in [-0.15, -0.1) is 0 Å². The average molecular weight is 310 g/mol. The molecule has 0 aliphatic carbocycles. The molecule has 2 aromatic rings. The molecule has 0 atom stereocenters. The number of anilines is 1. The number of hydrogen-bond acceptors (Lipinski definition) is 5. The quantitative estimate of drug-likeness (QED) is 0.338. The van der Waals surface area contributed by atoms with E-state index in [0.717, 1.165) is 18.5 Å². The van der Waals surface area contributed by atoms with E-state index >= 15 is 0 Å². The predicted molar refractivity (Wildman–Crippen MR) is 74.0 cm³/mol. The second-order valence-electron chi connectivity index (χ2n) is 4.01. The second kappa shape index (κ2) is 5.75. The van der Waals surface area contributed by atoms with Crippen LogP contribution in [-0.4, -0.2) is 24.4 Å². The lowest BCUT2D eigenvalue weighted by Crippen LogP contribution is -2.15. The molecule has 2 rings (SSSR count). The van der Waals surface area contributed by atoms with Gasteiger partial charge in [-0.1, -0.05) is 5.16 Å². The van der Waals surface area contributed by atoms with E-state index in [-0.39, 0.29) is 16.4 Å². The summed E-state index contributed by atoms with van der Waals surface area (Å²) in [7, 11) is -3.94. The Balaban J connectivity index is 2.25. The molecule has 4 N–H and O–H groups in total. The molecule has 7 nitrogen and oxygen atoms in total. The van der Waals surface area contributed by atoms with Gasteiger partial charge in [-0.05, 0) is 30.3 Å². The molecule has 21 heavy (non-hydrogen) atoms. The molecule has 0 aliphatic heterocycles. The summed E-state index contributed by atoms with van der Waals surface area (Å²) in [5.74, 6) is -0.848. The highest BCUT2D eigenvalue weighted by atomic mass is 32.2. The summed E-state index contributed by atoms with van der Waals surface area (Å²) >= 11 is 0. The first-order valence-corrected chi connectivity index (χ1v) is 7.12. The zero-order chi connectivity index (χ0) is 15.5. The fourth-order valence-corrected chi connectivity index (χ4v) is 2.55. The first-order chi connectivity index (χ1) is 9.92. The maximum atomic E-state index is 13.0. The minimum absolute atomic E-state index is 0.0984. The minimum Gasteiger partial charge on any atom is -0.409 e. The van der Waals surface area contributed by atoms with Crippen LogP contribution < -0.4 is 10.5 Å². The molecular weight excluding hydrogens is 299 g/mol. The molecule has 0 spiro atoms. The summed E-state index contributed by atoms with van der Waals surface area (Å²) in [4.78, 5) is 3.20. The molecule has 9 heteroatoms. The number of benzene rings is 1. The van der Waals surface area contributed by atoms with Crippen LogP contribution in [0.1, 0.15) is 5.56 Å². The van der Waals surface area contributed by atoms with Crippen molar-refractivity contribution in [2.75, 3.05) is 4.72 Å². The van der Waals surface area contributed by atoms with Crippen LogP contribution in [0.15, 0.2) is 52.8 Å². The van der Waals surface area contributed by atoms with Gasteiger partial charge in [-0.2, -0.15) is 0 Å². The Morgan fingerprint density at radius 1 is 1.29 bits per heavy atom. The van der Waals surface area contributed by atoms with Crippen LogP contribution in [0, 0.1) is 5.82 Å². The Kier molecular flexibility index (Phi) is 4.03. The summed E-state index contributed by atoms with van der Waals surface area (Å²) in [5, 5.41) is 11.4. The maximum Gasteiger partial charge on any atom is 0.263 e. The van der Waals surface area contributed by atoms with Gasteiger partial charge < -0.3 is 10.9 Å². The maximum absolute atomic E-state index is 13.0. The lowest BCUT2D eigenvalue weighted by Gasteiger charge is -2.08. The number of pyridine rings is 1. The molecule has 1 heterocycles. The molecule has 0 fully saturated rings. The Hall–Kier alpha value is -2.68. The number of nitrogens with two attached hydrogens (primary N) is 1. The minimum atomic E-state index is -3.94. The van der Waals surface area contributed by atoms with Crippen molar-refractivity contribution in [3.63, 3.8) is 0 Å². The molecular formula is C12H11FN4O3S. The Labute approximate surface area is 120 Å². The van der Waals surface area contributed by atoms with Crippen LogP contribution >= 0.6 is 0 Å². The summed E-state index contributed by atoms with van der Waals surface area (Å²) in [5.41, 5.74) is 6.06. The fourth-order valence-electron chi connectivity index (χ4n) is 1.52. The molecule has 0 aliphatic rings. The van der Waals surface area contributed by atoms with E-state index in [4.69, 9.17) is 10.9 Å². The highest BCUT2D eigenvalue weighted by Crippen LogP contribution is 2.16. The molecule has 0 saturated heterocycles. The van der Waals surface area contributed by atoms with E-state index in [9.17, 15) is 12.8 Å². The number of hydrogen-bond donors (Lipinski definition) is 3. The van der Waals surface area contributed by atoms with Gasteiger partial charge in [-0.3, -0.25) is 9.71 Å². The van der Waals surface area contributed by atoms with Crippen molar-refractivity contribution in [2.24, 2.45) is 10.9 Å². The van der Waals surface area contributed by atoms with Crippen molar-refractivity contribution < 1.29 is 18.0 Å². The molecule has 0 unspecified atom stereocenters. The smallest absolute Gasteiger partial charge is 0.263 e. The van der Waals surface area contributed by atoms with Gasteiger partial charge in [0.2, 0.25) is 0 Å². The van der Waals surface area contributed by atoms with E-state index in [1.165, 1.54) is 24.3 Å². The van der Waals surface area contributed by atoms with Gasteiger partial charge in [0.1, 0.15) is 10.7 Å². The number of halogens is 1. The molecule has 110 valence electrons. The highest BCUT2D eigenvalue weighted by Gasteiger charge is 2.15. The van der Waals surface area contributed by atoms with Crippen molar-refractivity contribution in [2.45, 2.75) is 4.90 Å². The van der Waals surface area contributed by atoms with Gasteiger partial charge in [0.15, 0.2) is 5.84 Å². The number of nitrogens with zero attached hydrogens (tertiary/aromatic N) is 2. The number of nitrogens with one attached hydrogen (secondary N) is 1. The van der Waals surface area contributed by atoms with E-state index < -0.39 is 15.8 Å². The molecule has 1 aromatic carbocycles. The molecule has 0 radical (unpaired) electrons. The van der Waals surface area contributed by atoms with Crippen LogP contribution in [0.4, 0.5) is 10.1 Å². The van der Waals surface area contributed by atoms with E-state index in [2.05, 4.69) is 14.9 Å². The van der Waals surface area contributed by atoms with Crippen molar-refractivity contribution in [1.82, 2.24) is 4.98 Å². The average Bonchev–Trinajstić information content (AvgIpc) is 2.47. The lowest BCUT2D eigenvalue weighted by molar-refractivity contribution is 0.318. The van der Waals surface area contributed by atoms with Gasteiger partial charge in [0, 0.05) is 17.4 Å². The number of aromatic nitrogens is 1. The molecule has 0 saturated carbocycles. The third-order valence-corrected chi connectivity index (χ3v) is 3.88. The van der Waals surface area contributed by atoms with E-state index in [0.29, 0.717) is 5.56 Å². The largest absolute Gasteiger partial charge is 0.409 e. The summed E-state index contributed by atoms with van der Waals surface area (Å²) in [6.07, 6.45) is 1.95. The Morgan fingerprint density at radius 3 is 2.52 bits per heavy atom. The standard InChI is InChI=1S/C12H11FN4O3S/c13-9-5-11(7-15-6-9)21(19,20)17-10-3-1-8(2-4-10)12(14)16-18/h1-7,17-18H,(H2,14,16). The zero-order valence-corrected chi connectivity index (χ0v) is 11.4. The number of amidine groups is 1. The monoisotopic (exact) mass is 310 g/mol. The van der Waals surface area contributed by atoms with Gasteiger partial charge >= 0.3 is 0 Å². The van der Waals surface area contributed by atoms with E-state index in [1.807, 2.05) is 0 Å². The number of sulfonamides is 1. The van der Waals surface area contributed by atoms with Crippen molar-refractivity contribution in [3.8, 4) is 0 Å². The third kappa shape index (κ3) is 3.45. The van der Waals surface area contributed by atoms with Crippen LogP contribution in [0.2, 0.25) is 0 Å². The topological polar surface area (TPSA) is 118 Å². The van der Waals surface area contributed by atoms with Crippen molar-refractivity contribution in [1.29, 1.82) is 0 Å². The lowest BCUT2D eigenvalue weighted by atomic mass is 10.2. The highest BCUT2D eigenvalue weighted by molar-refractivity contribution is 7.92. The second-order valence-corrected chi connectivity index (χ2v) is 5.69. The number of rotatable bonds is 4. The normalized spacial score (nSPS) is 12.1. The van der Waals surface area contributed by atoms with Gasteiger partial charge in [0.05, 0.1) is 6.20 Å². The van der Waals surface area contributed by atoms with Crippen LogP contribution in [-0.2, 0) is 10.0 Å². The van der Waals surface area contributed by atoms with Crippen LogP contribution in [0.25, 0.3) is 0 Å². The SMILES string of the molecule is NC(=NO)c1ccc(NS(=O)(=O)c2cncc(F)c2)cc1. The van der Waals surface area contributed by atoms with Crippen LogP contribution in [0.5, 0.6) is 0 Å².